The first-order chi connectivity index (χ1) is 32.9. The molecule has 3 unspecified atom stereocenters. The second-order valence-corrected chi connectivity index (χ2v) is 21.1. The maximum atomic E-state index is 13.4. The van der Waals surface area contributed by atoms with Gasteiger partial charge in [-0.25, -0.2) is 0 Å². The standard InChI is InChI=1S/C58H105N2O7P/c1-7-10-13-16-19-22-25-27-28-29-30-31-32-33-36-38-41-44-47-50-57(61)59-55(54-66-68(63,64)65-53-52-60(4,5)6)56(49-46-43-40-37-35-26-23-20-17-14-11-8-2)67-58(62)51-48-45-42-39-34-24-21-18-15-12-9-3/h18-19,21-22,27-28,30-31,33,36,46,49,55-56H,7-17,20,23-26,29,32,34-35,37-45,47-48,50-54H2,1-6H3,(H-,59,61,63,64)/b21-18-,22-19-,28-27-,31-30-,36-33-,49-46-. The number of ether oxygens (including phenoxy) is 1. The summed E-state index contributed by atoms with van der Waals surface area (Å²) in [6.07, 6.45) is 60.1. The highest BCUT2D eigenvalue weighted by atomic mass is 31.2. The van der Waals surface area contributed by atoms with E-state index in [9.17, 15) is 19.0 Å². The molecule has 0 rings (SSSR count). The van der Waals surface area contributed by atoms with E-state index in [1.807, 2.05) is 33.3 Å². The van der Waals surface area contributed by atoms with Crippen LogP contribution in [-0.4, -0.2) is 69.4 Å². The smallest absolute Gasteiger partial charge is 0.306 e. The third-order valence-corrected chi connectivity index (χ3v) is 12.8. The zero-order valence-electron chi connectivity index (χ0n) is 44.8. The largest absolute Gasteiger partial charge is 0.756 e. The molecule has 1 amide bonds. The molecule has 0 aromatic carbocycles. The quantitative estimate of drug-likeness (QED) is 0.0212. The van der Waals surface area contributed by atoms with Gasteiger partial charge >= 0.3 is 5.97 Å². The van der Waals surface area contributed by atoms with Crippen LogP contribution in [0.5, 0.6) is 0 Å². The molecule has 0 saturated heterocycles. The number of esters is 1. The fourth-order valence-corrected chi connectivity index (χ4v) is 8.21. The molecule has 10 heteroatoms. The van der Waals surface area contributed by atoms with Crippen LogP contribution in [0.4, 0.5) is 0 Å². The van der Waals surface area contributed by atoms with E-state index in [1.54, 1.807) is 0 Å². The Morgan fingerprint density at radius 2 is 0.912 bits per heavy atom. The number of unbranched alkanes of at least 4 members (excludes halogenated alkanes) is 23. The highest BCUT2D eigenvalue weighted by Gasteiger charge is 2.27. The summed E-state index contributed by atoms with van der Waals surface area (Å²) in [5.74, 6) is -0.592. The Morgan fingerprint density at radius 1 is 0.515 bits per heavy atom. The summed E-state index contributed by atoms with van der Waals surface area (Å²) < 4.78 is 30.1. The van der Waals surface area contributed by atoms with Crippen LogP contribution in [0, 0.1) is 0 Å². The molecule has 1 N–H and O–H groups in total. The monoisotopic (exact) mass is 973 g/mol. The van der Waals surface area contributed by atoms with Crippen molar-refractivity contribution >= 4 is 19.7 Å². The molecule has 3 atom stereocenters. The summed E-state index contributed by atoms with van der Waals surface area (Å²) >= 11 is 0. The van der Waals surface area contributed by atoms with E-state index in [0.29, 0.717) is 23.9 Å². The molecule has 0 saturated carbocycles. The number of phosphoric acid groups is 1. The highest BCUT2D eigenvalue weighted by molar-refractivity contribution is 7.45. The normalized spacial score (nSPS) is 14.4. The van der Waals surface area contributed by atoms with E-state index in [2.05, 4.69) is 86.8 Å². The van der Waals surface area contributed by atoms with Gasteiger partial charge in [0.15, 0.2) is 0 Å². The van der Waals surface area contributed by atoms with Gasteiger partial charge in [-0.1, -0.05) is 197 Å². The molecule has 0 aromatic rings. The predicted octanol–water partition coefficient (Wildman–Crippen LogP) is 15.9. The zero-order valence-corrected chi connectivity index (χ0v) is 45.7. The number of quaternary nitrogens is 1. The highest BCUT2D eigenvalue weighted by Crippen LogP contribution is 2.38. The third kappa shape index (κ3) is 48.5. The van der Waals surface area contributed by atoms with Gasteiger partial charge in [-0.15, -0.1) is 0 Å². The van der Waals surface area contributed by atoms with Crippen molar-refractivity contribution in [1.82, 2.24) is 5.32 Å². The fourth-order valence-electron chi connectivity index (χ4n) is 7.48. The number of nitrogens with zero attached hydrogens (tertiary/aromatic N) is 1. The molecule has 0 aliphatic carbocycles. The Kier molecular flexibility index (Phi) is 46.3. The van der Waals surface area contributed by atoms with Gasteiger partial charge in [0, 0.05) is 12.8 Å². The van der Waals surface area contributed by atoms with Crippen molar-refractivity contribution in [3.8, 4) is 0 Å². The van der Waals surface area contributed by atoms with Crippen LogP contribution < -0.4 is 10.2 Å². The van der Waals surface area contributed by atoms with Crippen LogP contribution in [0.1, 0.15) is 233 Å². The van der Waals surface area contributed by atoms with Gasteiger partial charge < -0.3 is 28.5 Å². The summed E-state index contributed by atoms with van der Waals surface area (Å²) in [7, 11) is 1.15. The minimum Gasteiger partial charge on any atom is -0.756 e. The van der Waals surface area contributed by atoms with Crippen LogP contribution in [0.3, 0.4) is 0 Å². The minimum absolute atomic E-state index is 0.0325. The average molecular weight is 973 g/mol. The van der Waals surface area contributed by atoms with Crippen molar-refractivity contribution in [2.24, 2.45) is 0 Å². The topological polar surface area (TPSA) is 114 Å². The SMILES string of the molecule is CCCC/C=C\CCCCCCCC(=O)OC(/C=C\CCCCCCCCCCCC)C(COP(=O)([O-])OCC[N+](C)(C)C)NC(=O)CCCCC/C=C\C/C=C\C/C=C\C/C=C\CCCCC. The first-order valence-electron chi connectivity index (χ1n) is 27.7. The van der Waals surface area contributed by atoms with Crippen LogP contribution in [0.15, 0.2) is 72.9 Å². The maximum absolute atomic E-state index is 13.4. The van der Waals surface area contributed by atoms with Gasteiger partial charge in [0.25, 0.3) is 7.82 Å². The number of likely N-dealkylation sites (N-methyl/N-ethyl adjacent to an activating group) is 1. The van der Waals surface area contributed by atoms with E-state index in [4.69, 9.17) is 13.8 Å². The molecule has 0 heterocycles. The van der Waals surface area contributed by atoms with Crippen LogP contribution >= 0.6 is 7.82 Å². The van der Waals surface area contributed by atoms with Gasteiger partial charge in [0.2, 0.25) is 5.91 Å². The minimum atomic E-state index is -4.70. The number of phosphoric ester groups is 1. The van der Waals surface area contributed by atoms with Crippen molar-refractivity contribution in [3.63, 3.8) is 0 Å². The Morgan fingerprint density at radius 3 is 1.44 bits per heavy atom. The number of hydrogen-bond donors (Lipinski definition) is 1. The van der Waals surface area contributed by atoms with Gasteiger partial charge in [-0.2, -0.15) is 0 Å². The lowest BCUT2D eigenvalue weighted by molar-refractivity contribution is -0.870. The fraction of sp³-hybridized carbons (Fsp3) is 0.759. The number of allylic oxidation sites excluding steroid dienone is 11. The van der Waals surface area contributed by atoms with E-state index < -0.39 is 26.6 Å². The molecular formula is C58H105N2O7P. The maximum Gasteiger partial charge on any atom is 0.306 e. The number of nitrogens with one attached hydrogen (secondary N) is 1. The van der Waals surface area contributed by atoms with Crippen molar-refractivity contribution in [2.45, 2.75) is 245 Å². The van der Waals surface area contributed by atoms with Crippen molar-refractivity contribution in [3.05, 3.63) is 72.9 Å². The second-order valence-electron chi connectivity index (χ2n) is 19.7. The van der Waals surface area contributed by atoms with Crippen molar-refractivity contribution < 1.29 is 37.3 Å². The number of carbonyl (C=O) groups is 2. The number of carbonyl (C=O) groups excluding carboxylic acids is 2. The van der Waals surface area contributed by atoms with Crippen molar-refractivity contribution in [1.29, 1.82) is 0 Å². The van der Waals surface area contributed by atoms with Gasteiger partial charge in [0.1, 0.15) is 19.3 Å². The Labute approximate surface area is 419 Å². The molecule has 68 heavy (non-hydrogen) atoms. The Bertz CT molecular complexity index is 1400. The lowest BCUT2D eigenvalue weighted by Crippen LogP contribution is -2.47. The van der Waals surface area contributed by atoms with Crippen LogP contribution in [0.25, 0.3) is 0 Å². The molecular weight excluding hydrogens is 868 g/mol. The Hall–Kier alpha value is -2.55. The van der Waals surface area contributed by atoms with Gasteiger partial charge in [-0.3, -0.25) is 14.2 Å². The average Bonchev–Trinajstić information content (AvgIpc) is 3.29. The predicted molar refractivity (Wildman–Crippen MR) is 288 cm³/mol. The zero-order chi connectivity index (χ0) is 50.1. The van der Waals surface area contributed by atoms with Crippen LogP contribution in [0.2, 0.25) is 0 Å². The summed E-state index contributed by atoms with van der Waals surface area (Å²) in [5, 5.41) is 2.99. The molecule has 394 valence electrons. The first kappa shape index (κ1) is 65.5. The van der Waals surface area contributed by atoms with Crippen molar-refractivity contribution in [2.75, 3.05) is 40.9 Å². The molecule has 0 bridgehead atoms. The summed E-state index contributed by atoms with van der Waals surface area (Å²) in [4.78, 5) is 39.7. The molecule has 0 aliphatic rings. The van der Waals surface area contributed by atoms with E-state index in [-0.39, 0.29) is 31.3 Å². The number of hydrogen-bond acceptors (Lipinski definition) is 7. The lowest BCUT2D eigenvalue weighted by Gasteiger charge is -2.30. The molecule has 9 nitrogen and oxygen atoms in total. The summed E-state index contributed by atoms with van der Waals surface area (Å²) in [6, 6.07) is -0.909. The lowest BCUT2D eigenvalue weighted by atomic mass is 10.1. The Balaban J connectivity index is 5.41. The first-order valence-corrected chi connectivity index (χ1v) is 29.2. The van der Waals surface area contributed by atoms with Crippen LogP contribution in [-0.2, 0) is 27.9 Å². The molecule has 0 spiro atoms. The summed E-state index contributed by atoms with van der Waals surface area (Å²) in [6.45, 7) is 6.72. The van der Waals surface area contributed by atoms with Gasteiger partial charge in [-0.05, 0) is 96.0 Å². The molecule has 0 aliphatic heterocycles. The third-order valence-electron chi connectivity index (χ3n) is 11.9. The molecule has 0 fully saturated rings. The van der Waals surface area contributed by atoms with Gasteiger partial charge in [0.05, 0.1) is 33.8 Å². The number of rotatable bonds is 49. The molecule has 0 radical (unpaired) electrons. The van der Waals surface area contributed by atoms with E-state index >= 15 is 0 Å². The second kappa shape index (κ2) is 48.1. The van der Waals surface area contributed by atoms with E-state index in [1.165, 1.54) is 89.9 Å². The molecule has 0 aromatic heterocycles. The van der Waals surface area contributed by atoms with E-state index in [0.717, 1.165) is 96.3 Å². The number of amides is 1. The summed E-state index contributed by atoms with van der Waals surface area (Å²) in [5.41, 5.74) is 0.